The van der Waals surface area contributed by atoms with Crippen LogP contribution in [0.25, 0.3) is 0 Å². The summed E-state index contributed by atoms with van der Waals surface area (Å²) >= 11 is 6.09. The van der Waals surface area contributed by atoms with Crippen LogP contribution in [0, 0.1) is 0 Å². The second-order valence-corrected chi connectivity index (χ2v) is 6.92. The summed E-state index contributed by atoms with van der Waals surface area (Å²) in [7, 11) is 2.92. The fraction of sp³-hybridized carbons (Fsp3) is 0.286. The van der Waals surface area contributed by atoms with Crippen molar-refractivity contribution in [3.8, 4) is 11.5 Å². The molecule has 152 valence electrons. The van der Waals surface area contributed by atoms with Gasteiger partial charge in [0.25, 0.3) is 17.7 Å². The zero-order valence-corrected chi connectivity index (χ0v) is 17.1. The number of fused-ring (bicyclic) bond motifs is 1. The van der Waals surface area contributed by atoms with Crippen molar-refractivity contribution in [2.45, 2.75) is 19.8 Å². The quantitative estimate of drug-likeness (QED) is 0.689. The molecule has 0 spiro atoms. The van der Waals surface area contributed by atoms with E-state index in [0.717, 1.165) is 12.8 Å². The van der Waals surface area contributed by atoms with Gasteiger partial charge in [-0.3, -0.25) is 19.3 Å². The molecule has 3 rings (SSSR count). The van der Waals surface area contributed by atoms with Crippen LogP contribution < -0.4 is 14.8 Å². The van der Waals surface area contributed by atoms with E-state index < -0.39 is 5.91 Å². The maximum absolute atomic E-state index is 12.8. The molecule has 2 aromatic carbocycles. The second kappa shape index (κ2) is 8.53. The van der Waals surface area contributed by atoms with E-state index in [2.05, 4.69) is 5.32 Å². The average molecular weight is 417 g/mol. The van der Waals surface area contributed by atoms with E-state index in [9.17, 15) is 14.4 Å². The number of methoxy groups -OCH3 is 2. The fourth-order valence-corrected chi connectivity index (χ4v) is 3.33. The lowest BCUT2D eigenvalue weighted by Gasteiger charge is -2.13. The molecule has 0 atom stereocenters. The van der Waals surface area contributed by atoms with Crippen LogP contribution >= 0.6 is 11.6 Å². The van der Waals surface area contributed by atoms with E-state index in [4.69, 9.17) is 21.1 Å². The Morgan fingerprint density at radius 1 is 1.03 bits per heavy atom. The molecule has 7 nitrogen and oxygen atoms in total. The SMILES string of the molecule is CCCCN1C(=O)c2ccc(C(=O)Nc3cc(OC)c(Cl)cc3OC)cc2C1=O. The Kier molecular flexibility index (Phi) is 6.08. The molecule has 2 aromatic rings. The van der Waals surface area contributed by atoms with Crippen molar-refractivity contribution in [1.82, 2.24) is 4.90 Å². The highest BCUT2D eigenvalue weighted by molar-refractivity contribution is 6.32. The summed E-state index contributed by atoms with van der Waals surface area (Å²) in [6.45, 7) is 2.35. The van der Waals surface area contributed by atoms with Crippen molar-refractivity contribution in [3.63, 3.8) is 0 Å². The highest BCUT2D eigenvalue weighted by Crippen LogP contribution is 2.36. The largest absolute Gasteiger partial charge is 0.495 e. The number of unbranched alkanes of at least 4 members (excludes halogenated alkanes) is 1. The first-order valence-electron chi connectivity index (χ1n) is 9.14. The Morgan fingerprint density at radius 2 is 1.72 bits per heavy atom. The van der Waals surface area contributed by atoms with E-state index in [1.165, 1.54) is 43.4 Å². The number of nitrogens with zero attached hydrogens (tertiary/aromatic N) is 1. The maximum atomic E-state index is 12.8. The van der Waals surface area contributed by atoms with Gasteiger partial charge in [-0.2, -0.15) is 0 Å². The van der Waals surface area contributed by atoms with Gasteiger partial charge in [0.15, 0.2) is 0 Å². The molecule has 0 fully saturated rings. The van der Waals surface area contributed by atoms with Crippen LogP contribution in [0.5, 0.6) is 11.5 Å². The number of hydrogen-bond donors (Lipinski definition) is 1. The van der Waals surface area contributed by atoms with Gasteiger partial charge in [0.2, 0.25) is 0 Å². The molecule has 0 aromatic heterocycles. The second-order valence-electron chi connectivity index (χ2n) is 6.52. The van der Waals surface area contributed by atoms with Crippen LogP contribution in [-0.4, -0.2) is 43.4 Å². The maximum Gasteiger partial charge on any atom is 0.261 e. The summed E-state index contributed by atoms with van der Waals surface area (Å²) in [5.74, 6) is -0.414. The molecule has 1 aliphatic rings. The van der Waals surface area contributed by atoms with Crippen LogP contribution in [-0.2, 0) is 0 Å². The number of carbonyl (C=O) groups excluding carboxylic acids is 3. The standard InChI is InChI=1S/C21H21ClN2O5/c1-4-5-8-24-20(26)13-7-6-12(9-14(13)21(24)27)19(25)23-16-11-17(28-2)15(22)10-18(16)29-3/h6-7,9-11H,4-5,8H2,1-3H3,(H,23,25). The summed E-state index contributed by atoms with van der Waals surface area (Å²) < 4.78 is 10.4. The van der Waals surface area contributed by atoms with Gasteiger partial charge in [0.1, 0.15) is 11.5 Å². The molecule has 0 aliphatic carbocycles. The molecular formula is C21H21ClN2O5. The number of ether oxygens (including phenoxy) is 2. The van der Waals surface area contributed by atoms with Crippen LogP contribution in [0.1, 0.15) is 50.8 Å². The van der Waals surface area contributed by atoms with Gasteiger partial charge in [0.05, 0.1) is 36.1 Å². The van der Waals surface area contributed by atoms with Crippen molar-refractivity contribution in [2.24, 2.45) is 0 Å². The number of imide groups is 1. The molecule has 29 heavy (non-hydrogen) atoms. The zero-order chi connectivity index (χ0) is 21.1. The number of carbonyl (C=O) groups is 3. The fourth-order valence-electron chi connectivity index (χ4n) is 3.10. The van der Waals surface area contributed by atoms with Crippen molar-refractivity contribution in [2.75, 3.05) is 26.1 Å². The highest BCUT2D eigenvalue weighted by Gasteiger charge is 2.35. The van der Waals surface area contributed by atoms with E-state index in [-0.39, 0.29) is 22.9 Å². The number of nitrogens with one attached hydrogen (secondary N) is 1. The monoisotopic (exact) mass is 416 g/mol. The van der Waals surface area contributed by atoms with E-state index in [0.29, 0.717) is 34.3 Å². The average Bonchev–Trinajstić information content (AvgIpc) is 2.96. The highest BCUT2D eigenvalue weighted by atomic mass is 35.5. The van der Waals surface area contributed by atoms with Crippen LogP contribution in [0.4, 0.5) is 5.69 Å². The van der Waals surface area contributed by atoms with Gasteiger partial charge < -0.3 is 14.8 Å². The first-order chi connectivity index (χ1) is 13.9. The molecule has 3 amide bonds. The number of rotatable bonds is 7. The Hall–Kier alpha value is -3.06. The lowest BCUT2D eigenvalue weighted by Crippen LogP contribution is -2.30. The smallest absolute Gasteiger partial charge is 0.261 e. The van der Waals surface area contributed by atoms with Gasteiger partial charge in [-0.15, -0.1) is 0 Å². The van der Waals surface area contributed by atoms with Crippen LogP contribution in [0.2, 0.25) is 5.02 Å². The van der Waals surface area contributed by atoms with Crippen molar-refractivity contribution in [1.29, 1.82) is 0 Å². The molecular weight excluding hydrogens is 396 g/mol. The summed E-state index contributed by atoms with van der Waals surface area (Å²) in [4.78, 5) is 39.0. The van der Waals surface area contributed by atoms with Gasteiger partial charge in [-0.05, 0) is 24.6 Å². The summed E-state index contributed by atoms with van der Waals surface area (Å²) in [6.07, 6.45) is 1.60. The minimum absolute atomic E-state index is 0.236. The number of amides is 3. The number of anilines is 1. The first kappa shape index (κ1) is 20.7. The number of hydrogen-bond acceptors (Lipinski definition) is 5. The normalized spacial score (nSPS) is 12.8. The van der Waals surface area contributed by atoms with Gasteiger partial charge in [-0.25, -0.2) is 0 Å². The van der Waals surface area contributed by atoms with Crippen LogP contribution in [0.15, 0.2) is 30.3 Å². The number of benzene rings is 2. The lowest BCUT2D eigenvalue weighted by atomic mass is 10.1. The molecule has 0 unspecified atom stereocenters. The van der Waals surface area contributed by atoms with Gasteiger partial charge in [-0.1, -0.05) is 24.9 Å². The third-order valence-corrected chi connectivity index (χ3v) is 4.99. The molecule has 1 heterocycles. The molecule has 8 heteroatoms. The Bertz CT molecular complexity index is 989. The Labute approximate surface area is 173 Å². The van der Waals surface area contributed by atoms with Crippen molar-refractivity contribution < 1.29 is 23.9 Å². The van der Waals surface area contributed by atoms with Crippen LogP contribution in [0.3, 0.4) is 0 Å². The minimum atomic E-state index is -0.456. The molecule has 0 bridgehead atoms. The molecule has 1 aliphatic heterocycles. The van der Waals surface area contributed by atoms with Crippen molar-refractivity contribution in [3.05, 3.63) is 52.0 Å². The molecule has 0 saturated heterocycles. The molecule has 0 radical (unpaired) electrons. The predicted octanol–water partition coefficient (Wildman–Crippen LogP) is 4.01. The van der Waals surface area contributed by atoms with Gasteiger partial charge >= 0.3 is 0 Å². The van der Waals surface area contributed by atoms with E-state index >= 15 is 0 Å². The first-order valence-corrected chi connectivity index (χ1v) is 9.52. The topological polar surface area (TPSA) is 84.9 Å². The Morgan fingerprint density at radius 3 is 2.38 bits per heavy atom. The lowest BCUT2D eigenvalue weighted by molar-refractivity contribution is 0.0652. The van der Waals surface area contributed by atoms with E-state index in [1.54, 1.807) is 6.07 Å². The Balaban J connectivity index is 1.87. The molecule has 1 N–H and O–H groups in total. The minimum Gasteiger partial charge on any atom is -0.495 e. The third kappa shape index (κ3) is 3.91. The predicted molar refractivity (Wildman–Crippen MR) is 109 cm³/mol. The molecule has 0 saturated carbocycles. The summed E-state index contributed by atoms with van der Waals surface area (Å²) in [5, 5.41) is 3.07. The van der Waals surface area contributed by atoms with Gasteiger partial charge in [0, 0.05) is 24.2 Å². The number of halogens is 1. The van der Waals surface area contributed by atoms with Crippen molar-refractivity contribution >= 4 is 35.0 Å². The summed E-state index contributed by atoms with van der Waals surface area (Å²) in [6, 6.07) is 7.55. The zero-order valence-electron chi connectivity index (χ0n) is 16.4. The van der Waals surface area contributed by atoms with E-state index in [1.807, 2.05) is 6.92 Å². The summed E-state index contributed by atoms with van der Waals surface area (Å²) in [5.41, 5.74) is 1.16. The third-order valence-electron chi connectivity index (χ3n) is 4.69.